The van der Waals surface area contributed by atoms with Gasteiger partial charge in [0, 0.05) is 37.3 Å². The summed E-state index contributed by atoms with van der Waals surface area (Å²) in [6, 6.07) is 32.2. The molecule has 3 unspecified atom stereocenters. The first-order chi connectivity index (χ1) is 32.8. The van der Waals surface area contributed by atoms with Gasteiger partial charge >= 0.3 is 12.1 Å². The summed E-state index contributed by atoms with van der Waals surface area (Å²) in [6.07, 6.45) is -0.562. The van der Waals surface area contributed by atoms with E-state index in [-0.39, 0.29) is 30.0 Å². The number of aromatic carboxylic acids is 1. The summed E-state index contributed by atoms with van der Waals surface area (Å²) in [7, 11) is 0. The number of benzene rings is 5. The van der Waals surface area contributed by atoms with Gasteiger partial charge in [0.1, 0.15) is 16.8 Å². The minimum absolute atomic E-state index is 0.0705. The molecule has 5 heterocycles. The van der Waals surface area contributed by atoms with Crippen molar-refractivity contribution in [2.45, 2.75) is 96.6 Å². The zero-order valence-electron chi connectivity index (χ0n) is 38.2. The lowest BCUT2D eigenvalue weighted by Crippen LogP contribution is -2.73. The molecule has 16 heteroatoms. The maximum Gasteiger partial charge on any atom is 0.363 e. The number of rotatable bonds is 17. The fourth-order valence-electron chi connectivity index (χ4n) is 9.32. The van der Waals surface area contributed by atoms with Crippen molar-refractivity contribution in [2.24, 2.45) is 0 Å². The number of nitrogens with one attached hydrogen (secondary N) is 2. The molecule has 3 aliphatic heterocycles. The van der Waals surface area contributed by atoms with Crippen LogP contribution < -0.4 is 15.4 Å². The van der Waals surface area contributed by atoms with E-state index in [2.05, 4.69) is 20.6 Å². The van der Waals surface area contributed by atoms with Crippen molar-refractivity contribution in [1.82, 2.24) is 19.8 Å². The molecule has 0 aliphatic carbocycles. The van der Waals surface area contributed by atoms with Gasteiger partial charge in [-0.25, -0.2) is 14.6 Å². The topological polar surface area (TPSA) is 191 Å². The summed E-state index contributed by atoms with van der Waals surface area (Å²) in [4.78, 5) is 53.4. The minimum atomic E-state index is -1.87. The molecule has 2 aromatic heterocycles. The number of nitrogens with zero attached hydrogens (tertiary/aromatic N) is 4. The van der Waals surface area contributed by atoms with Crippen molar-refractivity contribution in [3.63, 3.8) is 0 Å². The standard InChI is InChI=1S/C52H52N6O10/c1-31-11-5-7-13-37(31)53-48-55-39-23-17-33(29-45(39)64-48)27-43(59)41-15-9-25-57(41)50(63-36-21-19-35(20-22-36)47(61)62)66-52(67-51(3,4)68-52)58-26-10-16-42(58)44(60)28-34-18-24-40-46(30-34)65-49(56-40)54-38-14-8-6-12-32(38)2/h5-8,11-14,17-24,29-30,41-42,50H,9-10,15-16,25-28H2,1-4H3,(H,53,55)(H,54,56)(H,61,62). The molecule has 3 N–H and O–H groups in total. The van der Waals surface area contributed by atoms with Gasteiger partial charge in [-0.3, -0.25) is 23.8 Å². The van der Waals surface area contributed by atoms with Gasteiger partial charge in [0.15, 0.2) is 28.5 Å². The Bertz CT molecular complexity index is 3010. The molecule has 7 aromatic rings. The van der Waals surface area contributed by atoms with Gasteiger partial charge in [0.05, 0.1) is 17.6 Å². The summed E-state index contributed by atoms with van der Waals surface area (Å²) in [5.74, 6) is -2.01. The number of likely N-dealkylation sites (tertiary alicyclic amines) is 2. The average molecular weight is 921 g/mol. The van der Waals surface area contributed by atoms with E-state index in [9.17, 15) is 19.5 Å². The molecule has 0 radical (unpaired) electrons. The summed E-state index contributed by atoms with van der Waals surface area (Å²) in [6.45, 7) is 8.35. The average Bonchev–Trinajstić information content (AvgIpc) is 4.14. The van der Waals surface area contributed by atoms with E-state index in [0.717, 1.165) is 33.6 Å². The molecule has 0 saturated carbocycles. The number of hydrogen-bond acceptors (Lipinski definition) is 15. The van der Waals surface area contributed by atoms with Crippen LogP contribution in [0.1, 0.15) is 72.1 Å². The Morgan fingerprint density at radius 1 is 0.721 bits per heavy atom. The summed E-state index contributed by atoms with van der Waals surface area (Å²) in [5, 5.41) is 16.1. The molecule has 3 aliphatic rings. The zero-order chi connectivity index (χ0) is 47.2. The lowest BCUT2D eigenvalue weighted by molar-refractivity contribution is -0.634. The highest BCUT2D eigenvalue weighted by molar-refractivity contribution is 5.89. The van der Waals surface area contributed by atoms with Crippen molar-refractivity contribution in [3.05, 3.63) is 137 Å². The van der Waals surface area contributed by atoms with Gasteiger partial charge in [-0.05, 0) is 136 Å². The van der Waals surface area contributed by atoms with Crippen LogP contribution in [0.3, 0.4) is 0 Å². The molecule has 3 saturated heterocycles. The molecular formula is C52H52N6O10. The molecule has 10 rings (SSSR count). The molecule has 3 fully saturated rings. The van der Waals surface area contributed by atoms with Crippen LogP contribution in [0.15, 0.2) is 118 Å². The van der Waals surface area contributed by atoms with Gasteiger partial charge in [-0.2, -0.15) is 9.97 Å². The molecule has 350 valence electrons. The third-order valence-corrected chi connectivity index (χ3v) is 12.7. The molecular weight excluding hydrogens is 869 g/mol. The number of hydrogen-bond donors (Lipinski definition) is 3. The maximum absolute atomic E-state index is 14.4. The largest absolute Gasteiger partial charge is 0.478 e. The highest BCUT2D eigenvalue weighted by Crippen LogP contribution is 2.46. The molecule has 0 bridgehead atoms. The zero-order valence-corrected chi connectivity index (χ0v) is 38.2. The van der Waals surface area contributed by atoms with Gasteiger partial charge in [-0.15, -0.1) is 0 Å². The number of carboxylic acids is 1. The molecule has 0 spiro atoms. The Hall–Kier alpha value is -6.95. The van der Waals surface area contributed by atoms with Gasteiger partial charge < -0.3 is 29.3 Å². The van der Waals surface area contributed by atoms with Crippen molar-refractivity contribution < 1.29 is 47.3 Å². The number of aromatic nitrogens is 2. The van der Waals surface area contributed by atoms with Crippen molar-refractivity contribution in [3.8, 4) is 5.75 Å². The monoisotopic (exact) mass is 920 g/mol. The van der Waals surface area contributed by atoms with Crippen LogP contribution in [0.4, 0.5) is 23.4 Å². The number of aryl methyl sites for hydroxylation is 2. The minimum Gasteiger partial charge on any atom is -0.478 e. The van der Waals surface area contributed by atoms with Gasteiger partial charge in [0.2, 0.25) is 0 Å². The van der Waals surface area contributed by atoms with Crippen LogP contribution in [0.2, 0.25) is 0 Å². The number of oxazole rings is 2. The smallest absolute Gasteiger partial charge is 0.363 e. The second kappa shape index (κ2) is 18.3. The predicted octanol–water partition coefficient (Wildman–Crippen LogP) is 9.40. The fraction of sp³-hybridized carbons (Fsp3) is 0.327. The number of carboxylic acid groups (broad SMARTS) is 1. The molecule has 68 heavy (non-hydrogen) atoms. The summed E-state index contributed by atoms with van der Waals surface area (Å²) in [5.41, 5.74) is 7.84. The first kappa shape index (κ1) is 44.9. The van der Waals surface area contributed by atoms with Crippen molar-refractivity contribution >= 4 is 63.1 Å². The predicted molar refractivity (Wildman–Crippen MR) is 252 cm³/mol. The molecule has 16 nitrogen and oxygen atoms in total. The third-order valence-electron chi connectivity index (χ3n) is 12.7. The van der Waals surface area contributed by atoms with Gasteiger partial charge in [-0.1, -0.05) is 48.5 Å². The maximum atomic E-state index is 14.4. The number of anilines is 4. The number of carbonyl (C=O) groups excluding carboxylic acids is 2. The van der Waals surface area contributed by atoms with E-state index in [1.807, 2.05) is 104 Å². The van der Waals surface area contributed by atoms with E-state index >= 15 is 0 Å². The second-order valence-corrected chi connectivity index (χ2v) is 18.1. The van der Waals surface area contributed by atoms with Crippen molar-refractivity contribution in [2.75, 3.05) is 23.7 Å². The van der Waals surface area contributed by atoms with Crippen LogP contribution in [0.5, 0.6) is 5.75 Å². The Balaban J connectivity index is 0.886. The number of fused-ring (bicyclic) bond motifs is 2. The SMILES string of the molecule is Cc1ccccc1Nc1nc2ccc(CC(=O)C3CCCN3C(Oc3ccc(C(=O)O)cc3)OC3(N4CCCC4C(=O)Cc4ccc5nc(Nc6ccccc6C)oc5c4)OC(C)(C)O3)cc2o1. The Labute approximate surface area is 392 Å². The first-order valence-electron chi connectivity index (χ1n) is 22.9. The lowest BCUT2D eigenvalue weighted by Gasteiger charge is -2.56. The van der Waals surface area contributed by atoms with E-state index in [1.165, 1.54) is 24.3 Å². The Morgan fingerprint density at radius 2 is 1.25 bits per heavy atom. The Morgan fingerprint density at radius 3 is 1.79 bits per heavy atom. The van der Waals surface area contributed by atoms with E-state index in [1.54, 1.807) is 18.7 Å². The number of Topliss-reactive ketones (excluding diaryl/α,β-unsaturated/α-hetero) is 2. The number of ether oxygens (including phenoxy) is 4. The number of carbonyl (C=O) groups is 3. The molecule has 5 aromatic carbocycles. The van der Waals surface area contributed by atoms with Crippen molar-refractivity contribution in [1.29, 1.82) is 0 Å². The molecule has 3 atom stereocenters. The van der Waals surface area contributed by atoms with Crippen LogP contribution in [0, 0.1) is 13.8 Å². The van der Waals surface area contributed by atoms with E-state index < -0.39 is 36.4 Å². The van der Waals surface area contributed by atoms with E-state index in [0.29, 0.717) is 78.8 Å². The quantitative estimate of drug-likeness (QED) is 0.0732. The number of ketones is 2. The van der Waals surface area contributed by atoms with E-state index in [4.69, 9.17) is 27.8 Å². The molecule has 0 amide bonds. The third kappa shape index (κ3) is 9.33. The highest BCUT2D eigenvalue weighted by Gasteiger charge is 2.63. The van der Waals surface area contributed by atoms with Crippen LogP contribution in [-0.2, 0) is 36.6 Å². The van der Waals surface area contributed by atoms with Gasteiger partial charge in [0.25, 0.3) is 18.4 Å². The van der Waals surface area contributed by atoms with Crippen LogP contribution in [0.25, 0.3) is 22.2 Å². The summed E-state index contributed by atoms with van der Waals surface area (Å²) < 4.78 is 38.6. The Kier molecular flexibility index (Phi) is 12.1. The second-order valence-electron chi connectivity index (χ2n) is 18.1. The summed E-state index contributed by atoms with van der Waals surface area (Å²) >= 11 is 0. The highest BCUT2D eigenvalue weighted by atomic mass is 17.0. The normalized spacial score (nSPS) is 19.5. The van der Waals surface area contributed by atoms with Crippen LogP contribution in [-0.4, -0.2) is 85.9 Å². The fourth-order valence-corrected chi connectivity index (χ4v) is 9.32. The number of para-hydroxylation sites is 2. The van der Waals surface area contributed by atoms with Crippen LogP contribution >= 0.6 is 0 Å². The first-order valence-corrected chi connectivity index (χ1v) is 22.9. The lowest BCUT2D eigenvalue weighted by atomic mass is 10.0.